The average molecular weight is 307 g/mol. The Kier molecular flexibility index (Phi) is 6.23. The number of rotatable bonds is 7. The Bertz CT molecular complexity index is 635. The van der Waals surface area contributed by atoms with Crippen molar-refractivity contribution in [3.05, 3.63) is 65.2 Å². The van der Waals surface area contributed by atoms with Crippen LogP contribution in [0.2, 0.25) is 0 Å². The topological polar surface area (TPSA) is 33.0 Å². The van der Waals surface area contributed by atoms with Crippen molar-refractivity contribution >= 4 is 0 Å². The summed E-state index contributed by atoms with van der Waals surface area (Å²) in [7, 11) is 0. The number of benzene rings is 2. The van der Waals surface area contributed by atoms with Crippen LogP contribution in [0.5, 0.6) is 5.75 Å². The summed E-state index contributed by atoms with van der Waals surface area (Å²) >= 11 is 0. The number of nitrogens with zero attached hydrogens (tertiary/aromatic N) is 1. The van der Waals surface area contributed by atoms with Gasteiger partial charge in [-0.15, -0.1) is 0 Å². The van der Waals surface area contributed by atoms with Crippen LogP contribution in [0.4, 0.5) is 0 Å². The van der Waals surface area contributed by atoms with E-state index in [2.05, 4.69) is 51.1 Å². The predicted molar refractivity (Wildman–Crippen MR) is 94.8 cm³/mol. The van der Waals surface area contributed by atoms with Crippen molar-refractivity contribution < 1.29 is 4.74 Å². The quantitative estimate of drug-likeness (QED) is 0.625. The van der Waals surface area contributed by atoms with Crippen LogP contribution >= 0.6 is 0 Å². The normalized spacial score (nSPS) is 12.0. The third-order valence-corrected chi connectivity index (χ3v) is 4.09. The van der Waals surface area contributed by atoms with Crippen molar-refractivity contribution in [2.24, 2.45) is 0 Å². The number of nitriles is 1. The van der Waals surface area contributed by atoms with Gasteiger partial charge in [0.15, 0.2) is 0 Å². The first-order valence-corrected chi connectivity index (χ1v) is 8.29. The van der Waals surface area contributed by atoms with Crippen LogP contribution < -0.4 is 4.74 Å². The van der Waals surface area contributed by atoms with Crippen LogP contribution in [-0.4, -0.2) is 6.61 Å². The molecule has 2 heteroatoms. The maximum absolute atomic E-state index is 9.41. The molecule has 2 nitrogen and oxygen atoms in total. The highest BCUT2D eigenvalue weighted by Crippen LogP contribution is 2.23. The van der Waals surface area contributed by atoms with Crippen LogP contribution in [0.15, 0.2) is 48.5 Å². The molecule has 0 saturated heterocycles. The average Bonchev–Trinajstić information content (AvgIpc) is 2.57. The molecule has 0 radical (unpaired) electrons. The molecule has 0 spiro atoms. The lowest BCUT2D eigenvalue weighted by molar-refractivity contribution is 0.305. The minimum absolute atomic E-state index is 0.0576. The zero-order valence-electron chi connectivity index (χ0n) is 14.3. The summed E-state index contributed by atoms with van der Waals surface area (Å²) < 4.78 is 5.73. The third-order valence-electron chi connectivity index (χ3n) is 4.09. The minimum atomic E-state index is -0.0576. The van der Waals surface area contributed by atoms with Gasteiger partial charge in [0.2, 0.25) is 0 Å². The first-order chi connectivity index (χ1) is 11.1. The summed E-state index contributed by atoms with van der Waals surface area (Å²) in [5, 5.41) is 9.41. The molecule has 1 atom stereocenters. The van der Waals surface area contributed by atoms with Crippen LogP contribution in [0.25, 0.3) is 0 Å². The van der Waals surface area contributed by atoms with Gasteiger partial charge >= 0.3 is 0 Å². The summed E-state index contributed by atoms with van der Waals surface area (Å²) in [5.74, 6) is 1.36. The molecule has 120 valence electrons. The molecule has 0 heterocycles. The lowest BCUT2D eigenvalue weighted by Crippen LogP contribution is -2.02. The lowest BCUT2D eigenvalue weighted by atomic mass is 9.93. The molecule has 23 heavy (non-hydrogen) atoms. The molecular weight excluding hydrogens is 282 g/mol. The van der Waals surface area contributed by atoms with Gasteiger partial charge in [-0.3, -0.25) is 0 Å². The number of ether oxygens (including phenoxy) is 1. The van der Waals surface area contributed by atoms with Crippen LogP contribution in [0.3, 0.4) is 0 Å². The van der Waals surface area contributed by atoms with E-state index in [0.29, 0.717) is 12.5 Å². The summed E-state index contributed by atoms with van der Waals surface area (Å²) in [6.45, 7) is 7.07. The Balaban J connectivity index is 1.83. The molecule has 2 rings (SSSR count). The SMILES string of the molecule is Cc1ccc(OCCCC(C#N)c2ccc(C(C)C)cc2)cc1. The van der Waals surface area contributed by atoms with Crippen molar-refractivity contribution in [3.8, 4) is 11.8 Å². The minimum Gasteiger partial charge on any atom is -0.494 e. The first kappa shape index (κ1) is 17.1. The van der Waals surface area contributed by atoms with Crippen LogP contribution in [0.1, 0.15) is 55.2 Å². The summed E-state index contributed by atoms with van der Waals surface area (Å²) in [5.41, 5.74) is 3.65. The van der Waals surface area contributed by atoms with E-state index in [-0.39, 0.29) is 5.92 Å². The maximum atomic E-state index is 9.41. The summed E-state index contributed by atoms with van der Waals surface area (Å²) in [6, 6.07) is 18.9. The van der Waals surface area contributed by atoms with Gasteiger partial charge in [-0.2, -0.15) is 5.26 Å². The van der Waals surface area contributed by atoms with Crippen molar-refractivity contribution in [1.29, 1.82) is 5.26 Å². The van der Waals surface area contributed by atoms with E-state index < -0.39 is 0 Å². The van der Waals surface area contributed by atoms with E-state index in [1.54, 1.807) is 0 Å². The predicted octanol–water partition coefficient (Wildman–Crippen LogP) is 5.58. The highest BCUT2D eigenvalue weighted by Gasteiger charge is 2.11. The van der Waals surface area contributed by atoms with Crippen molar-refractivity contribution in [2.75, 3.05) is 6.61 Å². The van der Waals surface area contributed by atoms with E-state index in [9.17, 15) is 5.26 Å². The van der Waals surface area contributed by atoms with Gasteiger partial charge in [0.25, 0.3) is 0 Å². The fourth-order valence-electron chi connectivity index (χ4n) is 2.53. The second kappa shape index (κ2) is 8.39. The monoisotopic (exact) mass is 307 g/mol. The number of aryl methyl sites for hydroxylation is 1. The van der Waals surface area contributed by atoms with Gasteiger partial charge in [0.05, 0.1) is 18.6 Å². The molecule has 0 aromatic heterocycles. The standard InChI is InChI=1S/C21H25NO/c1-16(2)18-8-10-19(11-9-18)20(15-22)5-4-14-23-21-12-6-17(3)7-13-21/h6-13,16,20H,4-5,14H2,1-3H3. The van der Waals surface area contributed by atoms with E-state index in [1.165, 1.54) is 11.1 Å². The summed E-state index contributed by atoms with van der Waals surface area (Å²) in [4.78, 5) is 0. The van der Waals surface area contributed by atoms with Crippen molar-refractivity contribution in [1.82, 2.24) is 0 Å². The smallest absolute Gasteiger partial charge is 0.119 e. The molecule has 0 N–H and O–H groups in total. The zero-order valence-corrected chi connectivity index (χ0v) is 14.3. The Morgan fingerprint density at radius 1 is 0.957 bits per heavy atom. The van der Waals surface area contributed by atoms with Gasteiger partial charge in [-0.05, 0) is 48.9 Å². The van der Waals surface area contributed by atoms with Gasteiger partial charge in [0, 0.05) is 0 Å². The van der Waals surface area contributed by atoms with Gasteiger partial charge in [-0.25, -0.2) is 0 Å². The van der Waals surface area contributed by atoms with E-state index >= 15 is 0 Å². The van der Waals surface area contributed by atoms with E-state index in [1.807, 2.05) is 24.3 Å². The maximum Gasteiger partial charge on any atom is 0.119 e. The second-order valence-corrected chi connectivity index (χ2v) is 6.31. The first-order valence-electron chi connectivity index (χ1n) is 8.29. The Labute approximate surface area is 139 Å². The molecular formula is C21H25NO. The molecule has 2 aromatic carbocycles. The Morgan fingerprint density at radius 2 is 1.57 bits per heavy atom. The van der Waals surface area contributed by atoms with Crippen LogP contribution in [0, 0.1) is 18.3 Å². The number of hydrogen-bond acceptors (Lipinski definition) is 2. The molecule has 0 amide bonds. The molecule has 0 saturated carbocycles. The highest BCUT2D eigenvalue weighted by atomic mass is 16.5. The van der Waals surface area contributed by atoms with Gasteiger partial charge in [0.1, 0.15) is 5.75 Å². The van der Waals surface area contributed by atoms with Gasteiger partial charge in [-0.1, -0.05) is 55.8 Å². The molecule has 0 bridgehead atoms. The zero-order chi connectivity index (χ0) is 16.7. The molecule has 0 aliphatic carbocycles. The largest absolute Gasteiger partial charge is 0.494 e. The Hall–Kier alpha value is -2.27. The Morgan fingerprint density at radius 3 is 2.13 bits per heavy atom. The fraction of sp³-hybridized carbons (Fsp3) is 0.381. The van der Waals surface area contributed by atoms with E-state index in [4.69, 9.17) is 4.74 Å². The second-order valence-electron chi connectivity index (χ2n) is 6.31. The van der Waals surface area contributed by atoms with Crippen LogP contribution in [-0.2, 0) is 0 Å². The molecule has 0 fully saturated rings. The molecule has 0 aliphatic heterocycles. The summed E-state index contributed by atoms with van der Waals surface area (Å²) in [6.07, 6.45) is 1.70. The van der Waals surface area contributed by atoms with Crippen molar-refractivity contribution in [3.63, 3.8) is 0 Å². The molecule has 1 unspecified atom stereocenters. The molecule has 2 aromatic rings. The highest BCUT2D eigenvalue weighted by molar-refractivity contribution is 5.30. The lowest BCUT2D eigenvalue weighted by Gasteiger charge is -2.12. The third kappa shape index (κ3) is 5.14. The molecule has 0 aliphatic rings. The van der Waals surface area contributed by atoms with E-state index in [0.717, 1.165) is 24.2 Å². The van der Waals surface area contributed by atoms with Crippen molar-refractivity contribution in [2.45, 2.75) is 45.4 Å². The fourth-order valence-corrected chi connectivity index (χ4v) is 2.53. The van der Waals surface area contributed by atoms with Gasteiger partial charge < -0.3 is 4.74 Å². The number of hydrogen-bond donors (Lipinski definition) is 0.